The Morgan fingerprint density at radius 3 is 0.714 bits per heavy atom. The molecule has 3 saturated heterocycles. The first kappa shape index (κ1) is 74.1. The van der Waals surface area contributed by atoms with Crippen LogP contribution in [0, 0.1) is 87.3 Å². The minimum atomic E-state index is -1.22. The molecule has 0 radical (unpaired) electrons. The lowest BCUT2D eigenvalue weighted by molar-refractivity contribution is 0.00411. The molecule has 3 aliphatic heterocycles. The molecule has 3 aliphatic carbocycles. The first-order valence-electron chi connectivity index (χ1n) is 33.8. The normalized spacial score (nSPS) is 36.3. The van der Waals surface area contributed by atoms with Gasteiger partial charge in [0.05, 0.1) is 18.3 Å². The standard InChI is InChI=1S/C23H48Si2.C14H32OSi2.C12H26Si.2C10H20O/c1-14-15(2)19(6)22(18(14)5)24(9,10)13-25(11,12)23-20(7)16(3)17(4)21(23)8;1-14(11-16(2,3)4,12-17(5,6)7)13-9-8-10-15-13;1-8-9(2)11(4)12(10(8)3)13(5,6)7;2*1-4-10(3,5-2)9-7-6-8-11-9/h14-23H,13H2,1-12H3;13H,8-12H2,1-7H3;8-12H,1-7H3;2*9H,4-8H2,1-3H3. The van der Waals surface area contributed by atoms with Gasteiger partial charge >= 0.3 is 0 Å². The Balaban J connectivity index is 0.000000343. The van der Waals surface area contributed by atoms with E-state index in [1.807, 2.05) is 0 Å². The summed E-state index contributed by atoms with van der Waals surface area (Å²) >= 11 is 0. The molecule has 0 bridgehead atoms. The lowest BCUT2D eigenvalue weighted by Gasteiger charge is -2.45. The lowest BCUT2D eigenvalue weighted by Crippen LogP contribution is -2.49. The van der Waals surface area contributed by atoms with Crippen molar-refractivity contribution in [2.24, 2.45) is 87.3 Å². The summed E-state index contributed by atoms with van der Waals surface area (Å²) in [5.74, 6) is 11.2. The third-order valence-electron chi connectivity index (χ3n) is 24.8. The maximum absolute atomic E-state index is 6.05. The number of ether oxygens (including phenoxy) is 3. The predicted molar refractivity (Wildman–Crippen MR) is 363 cm³/mol. The van der Waals surface area contributed by atoms with Crippen molar-refractivity contribution < 1.29 is 14.2 Å². The summed E-state index contributed by atoms with van der Waals surface area (Å²) in [7, 11) is -5.42. The van der Waals surface area contributed by atoms with E-state index in [-0.39, 0.29) is 0 Å². The van der Waals surface area contributed by atoms with Crippen molar-refractivity contribution in [1.29, 1.82) is 0 Å². The average Bonchev–Trinajstić information content (AvgIpc) is 4.20. The SMILES string of the molecule is CC(C[Si](C)(C)C)(C[Si](C)(C)C)C1CCCO1.CC1C(C)C(C)C([Si](C)(C)C)C1C.CC1C(C)C(C)C([Si](C)(C)C[Si](C)(C)C2C(C)C(C)C(C)C2C)C1C.CCC(C)(CC)C1CCCO1.CCC(C)(CC)C1CCCO1. The summed E-state index contributed by atoms with van der Waals surface area (Å²) in [5.41, 5.74) is 6.09. The smallest absolute Gasteiger partial charge is 0.0629 e. The molecule has 3 saturated carbocycles. The van der Waals surface area contributed by atoms with Gasteiger partial charge < -0.3 is 14.2 Å². The van der Waals surface area contributed by atoms with Crippen LogP contribution in [0.5, 0.6) is 0 Å². The van der Waals surface area contributed by atoms with E-state index in [4.69, 9.17) is 14.2 Å². The van der Waals surface area contributed by atoms with Crippen molar-refractivity contribution in [3.63, 3.8) is 0 Å². The van der Waals surface area contributed by atoms with Gasteiger partial charge in [0.1, 0.15) is 0 Å². The molecule has 77 heavy (non-hydrogen) atoms. The maximum Gasteiger partial charge on any atom is 0.0629 e. The van der Waals surface area contributed by atoms with E-state index in [0.29, 0.717) is 34.6 Å². The van der Waals surface area contributed by atoms with Crippen molar-refractivity contribution >= 4 is 40.4 Å². The Bertz CT molecular complexity index is 1520. The molecule has 8 heteroatoms. The van der Waals surface area contributed by atoms with Crippen LogP contribution in [0.4, 0.5) is 0 Å². The molecule has 15 unspecified atom stereocenters. The van der Waals surface area contributed by atoms with Gasteiger partial charge in [-0.15, -0.1) is 0 Å². The van der Waals surface area contributed by atoms with Gasteiger partial charge in [0.2, 0.25) is 0 Å². The topological polar surface area (TPSA) is 27.7 Å². The van der Waals surface area contributed by atoms with Crippen molar-refractivity contribution in [3.05, 3.63) is 0 Å². The van der Waals surface area contributed by atoms with E-state index in [1.54, 1.807) is 5.67 Å². The summed E-state index contributed by atoms with van der Waals surface area (Å²) in [4.78, 5) is 0. The second kappa shape index (κ2) is 29.9. The highest BCUT2D eigenvalue weighted by molar-refractivity contribution is 6.96. The van der Waals surface area contributed by atoms with Crippen molar-refractivity contribution in [2.75, 3.05) is 19.8 Å². The van der Waals surface area contributed by atoms with Gasteiger partial charge in [-0.1, -0.05) is 234 Å². The van der Waals surface area contributed by atoms with Gasteiger partial charge in [-0.2, -0.15) is 0 Å². The number of hydrogen-bond donors (Lipinski definition) is 0. The van der Waals surface area contributed by atoms with Gasteiger partial charge in [-0.3, -0.25) is 0 Å². The Kier molecular flexibility index (Phi) is 28.7. The van der Waals surface area contributed by atoms with Crippen molar-refractivity contribution in [2.45, 2.75) is 334 Å². The molecule has 3 nitrogen and oxygen atoms in total. The largest absolute Gasteiger partial charge is 0.378 e. The molecule has 6 rings (SSSR count). The van der Waals surface area contributed by atoms with E-state index in [9.17, 15) is 0 Å². The third kappa shape index (κ3) is 19.8. The maximum atomic E-state index is 6.05. The van der Waals surface area contributed by atoms with Crippen LogP contribution in [0.1, 0.15) is 196 Å². The van der Waals surface area contributed by atoms with Gasteiger partial charge in [0.25, 0.3) is 0 Å². The van der Waals surface area contributed by atoms with E-state index in [2.05, 4.69) is 217 Å². The minimum absolute atomic E-state index is 0.441. The van der Waals surface area contributed by atoms with Crippen molar-refractivity contribution in [1.82, 2.24) is 0 Å². The molecule has 0 N–H and O–H groups in total. The summed E-state index contributed by atoms with van der Waals surface area (Å²) in [6.07, 6.45) is 14.3. The molecular weight excluding hydrogens is 1020 g/mol. The molecule has 3 heterocycles. The first-order chi connectivity index (χ1) is 35.0. The van der Waals surface area contributed by atoms with Gasteiger partial charge in [-0.25, -0.2) is 0 Å². The summed E-state index contributed by atoms with van der Waals surface area (Å²) in [5, 5.41) is 0. The fraction of sp³-hybridized carbons (Fsp3) is 1.00. The molecule has 6 aliphatic rings. The van der Waals surface area contributed by atoms with Crippen LogP contribution in [0.25, 0.3) is 0 Å². The zero-order valence-corrected chi connectivity index (χ0v) is 63.9. The molecule has 0 aromatic heterocycles. The van der Waals surface area contributed by atoms with Crippen LogP contribution in [0.3, 0.4) is 0 Å². The number of rotatable bonds is 16. The summed E-state index contributed by atoms with van der Waals surface area (Å²) in [6.45, 7) is 83.3. The molecular formula is C69H146O3Si5. The van der Waals surface area contributed by atoms with Crippen LogP contribution in [-0.2, 0) is 14.2 Å². The highest BCUT2D eigenvalue weighted by Crippen LogP contribution is 2.59. The molecule has 0 aromatic carbocycles. The molecule has 6 fully saturated rings. The average molecular weight is 1160 g/mol. The quantitative estimate of drug-likeness (QED) is 0.144. The van der Waals surface area contributed by atoms with E-state index >= 15 is 0 Å². The van der Waals surface area contributed by atoms with E-state index in [0.717, 1.165) is 107 Å². The Morgan fingerprint density at radius 1 is 0.325 bits per heavy atom. The monoisotopic (exact) mass is 1160 g/mol. The molecule has 0 amide bonds. The second-order valence-corrected chi connectivity index (χ2v) is 61.8. The van der Waals surface area contributed by atoms with Gasteiger partial charge in [-0.05, 0) is 168 Å². The van der Waals surface area contributed by atoms with Crippen LogP contribution in [0.2, 0.25) is 119 Å². The third-order valence-corrected chi connectivity index (χ3v) is 44.6. The fourth-order valence-corrected chi connectivity index (χ4v) is 47.4. The highest BCUT2D eigenvalue weighted by atomic mass is 28.4. The molecule has 0 spiro atoms. The predicted octanol–water partition coefficient (Wildman–Crippen LogP) is 22.9. The molecule has 15 atom stereocenters. The van der Waals surface area contributed by atoms with Crippen LogP contribution >= 0.6 is 0 Å². The Labute approximate surface area is 492 Å². The number of hydrogen-bond acceptors (Lipinski definition) is 3. The van der Waals surface area contributed by atoms with Crippen LogP contribution in [-0.4, -0.2) is 78.5 Å². The summed E-state index contributed by atoms with van der Waals surface area (Å²) < 4.78 is 17.5. The van der Waals surface area contributed by atoms with Crippen LogP contribution < -0.4 is 0 Å². The Morgan fingerprint density at radius 2 is 0.545 bits per heavy atom. The van der Waals surface area contributed by atoms with Crippen LogP contribution in [0.15, 0.2) is 0 Å². The molecule has 460 valence electrons. The van der Waals surface area contributed by atoms with E-state index in [1.165, 1.54) is 76.3 Å². The fourth-order valence-electron chi connectivity index (χ4n) is 19.6. The van der Waals surface area contributed by atoms with Gasteiger partial charge in [0, 0.05) is 60.2 Å². The zero-order valence-electron chi connectivity index (χ0n) is 58.9. The Hall–Kier alpha value is 0.964. The van der Waals surface area contributed by atoms with Gasteiger partial charge in [0.15, 0.2) is 0 Å². The highest BCUT2D eigenvalue weighted by Gasteiger charge is 2.55. The van der Waals surface area contributed by atoms with Crippen molar-refractivity contribution in [3.8, 4) is 0 Å². The second-order valence-electron chi connectivity index (χ2n) is 34.8. The van der Waals surface area contributed by atoms with E-state index < -0.39 is 40.4 Å². The minimum Gasteiger partial charge on any atom is -0.378 e. The lowest BCUT2D eigenvalue weighted by atomic mass is 9.78. The summed E-state index contributed by atoms with van der Waals surface area (Å²) in [6, 6.07) is 2.85. The zero-order chi connectivity index (χ0) is 59.8. The first-order valence-corrected chi connectivity index (χ1v) is 51.4. The molecule has 0 aromatic rings.